The Labute approximate surface area is 147 Å². The fraction of sp³-hybridized carbons (Fsp3) is 0.471. The predicted octanol–water partition coefficient (Wildman–Crippen LogP) is 3.04. The van der Waals surface area contributed by atoms with E-state index in [1.165, 1.54) is 32.1 Å². The fourth-order valence-corrected chi connectivity index (χ4v) is 3.06. The second kappa shape index (κ2) is 8.10. The molecule has 1 aliphatic carbocycles. The number of rotatable bonds is 5. The molecule has 0 bridgehead atoms. The number of hydrogen-bond donors (Lipinski definition) is 2. The van der Waals surface area contributed by atoms with Gasteiger partial charge in [-0.3, -0.25) is 0 Å². The summed E-state index contributed by atoms with van der Waals surface area (Å²) in [6.45, 7) is 0.418. The Morgan fingerprint density at radius 1 is 1.25 bits per heavy atom. The maximum absolute atomic E-state index is 5.34. The van der Waals surface area contributed by atoms with Crippen LogP contribution in [0, 0.1) is 0 Å². The van der Waals surface area contributed by atoms with Crippen molar-refractivity contribution in [3.63, 3.8) is 0 Å². The average Bonchev–Trinajstić information content (AvgIpc) is 3.10. The largest absolute Gasteiger partial charge is 0.497 e. The predicted molar refractivity (Wildman–Crippen MR) is 95.7 cm³/mol. The highest BCUT2D eigenvalue weighted by Crippen LogP contribution is 2.20. The van der Waals surface area contributed by atoms with E-state index >= 15 is 0 Å². The lowest BCUT2D eigenvalue weighted by atomic mass is 9.96. The standard InChI is InChI=1S/C17H22N4O2S/c1-22-14-9-7-12(8-10-14)16-20-15(23-21-16)11-18-17(24)19-13-5-3-2-4-6-13/h7-10,13H,2-6,11H2,1H3,(H2,18,19,24). The number of thiocarbonyl (C=S) groups is 1. The van der Waals surface area contributed by atoms with Gasteiger partial charge in [0.2, 0.25) is 11.7 Å². The van der Waals surface area contributed by atoms with Crippen LogP contribution in [0.15, 0.2) is 28.8 Å². The van der Waals surface area contributed by atoms with Gasteiger partial charge in [-0.2, -0.15) is 4.98 Å². The topological polar surface area (TPSA) is 72.2 Å². The number of ether oxygens (including phenoxy) is 1. The second-order valence-corrected chi connectivity index (χ2v) is 6.31. The SMILES string of the molecule is COc1ccc(-c2noc(CNC(=S)NC3CCCCC3)n2)cc1. The minimum Gasteiger partial charge on any atom is -0.497 e. The van der Waals surface area contributed by atoms with Crippen LogP contribution in [0.2, 0.25) is 0 Å². The molecule has 1 fully saturated rings. The monoisotopic (exact) mass is 346 g/mol. The summed E-state index contributed by atoms with van der Waals surface area (Å²) in [6, 6.07) is 8.02. The Morgan fingerprint density at radius 2 is 2.00 bits per heavy atom. The van der Waals surface area contributed by atoms with E-state index in [2.05, 4.69) is 20.8 Å². The number of benzene rings is 1. The van der Waals surface area contributed by atoms with Gasteiger partial charge in [-0.05, 0) is 49.3 Å². The number of methoxy groups -OCH3 is 1. The van der Waals surface area contributed by atoms with Gasteiger partial charge in [-0.15, -0.1) is 0 Å². The Kier molecular flexibility index (Phi) is 5.63. The third-order valence-electron chi connectivity index (χ3n) is 4.16. The summed E-state index contributed by atoms with van der Waals surface area (Å²) in [5.74, 6) is 1.86. The molecule has 1 heterocycles. The molecule has 24 heavy (non-hydrogen) atoms. The van der Waals surface area contributed by atoms with Crippen molar-refractivity contribution in [1.82, 2.24) is 20.8 Å². The Hall–Kier alpha value is -2.15. The minimum atomic E-state index is 0.418. The van der Waals surface area contributed by atoms with Gasteiger partial charge in [0.05, 0.1) is 13.7 Å². The number of nitrogens with one attached hydrogen (secondary N) is 2. The lowest BCUT2D eigenvalue weighted by Crippen LogP contribution is -2.42. The first-order valence-electron chi connectivity index (χ1n) is 8.26. The first-order valence-corrected chi connectivity index (χ1v) is 8.67. The molecule has 6 nitrogen and oxygen atoms in total. The third kappa shape index (κ3) is 4.44. The summed E-state index contributed by atoms with van der Waals surface area (Å²) in [6.07, 6.45) is 6.24. The van der Waals surface area contributed by atoms with Crippen molar-refractivity contribution in [2.24, 2.45) is 0 Å². The van der Waals surface area contributed by atoms with Crippen molar-refractivity contribution in [1.29, 1.82) is 0 Å². The van der Waals surface area contributed by atoms with E-state index in [1.54, 1.807) is 7.11 Å². The van der Waals surface area contributed by atoms with E-state index in [-0.39, 0.29) is 0 Å². The molecule has 0 unspecified atom stereocenters. The maximum atomic E-state index is 5.34. The van der Waals surface area contributed by atoms with Crippen LogP contribution in [0.1, 0.15) is 38.0 Å². The second-order valence-electron chi connectivity index (χ2n) is 5.90. The van der Waals surface area contributed by atoms with E-state index in [9.17, 15) is 0 Å². The molecule has 0 atom stereocenters. The molecule has 2 aromatic rings. The molecule has 0 spiro atoms. The molecule has 0 aliphatic heterocycles. The molecule has 1 saturated carbocycles. The number of aromatic nitrogens is 2. The van der Waals surface area contributed by atoms with Crippen LogP contribution in [0.3, 0.4) is 0 Å². The lowest BCUT2D eigenvalue weighted by Gasteiger charge is -2.24. The Morgan fingerprint density at radius 3 is 2.71 bits per heavy atom. The highest BCUT2D eigenvalue weighted by Gasteiger charge is 2.14. The smallest absolute Gasteiger partial charge is 0.246 e. The number of nitrogens with zero attached hydrogens (tertiary/aromatic N) is 2. The van der Waals surface area contributed by atoms with E-state index in [0.29, 0.717) is 29.4 Å². The van der Waals surface area contributed by atoms with E-state index < -0.39 is 0 Å². The van der Waals surface area contributed by atoms with Crippen LogP contribution in [0.25, 0.3) is 11.4 Å². The molecular formula is C17H22N4O2S. The van der Waals surface area contributed by atoms with Crippen molar-refractivity contribution in [3.8, 4) is 17.1 Å². The molecule has 1 aromatic heterocycles. The van der Waals surface area contributed by atoms with Gasteiger partial charge in [-0.25, -0.2) is 0 Å². The van der Waals surface area contributed by atoms with Gasteiger partial charge in [0.1, 0.15) is 5.75 Å². The summed E-state index contributed by atoms with van der Waals surface area (Å²) in [5.41, 5.74) is 0.883. The average molecular weight is 346 g/mol. The van der Waals surface area contributed by atoms with Gasteiger partial charge in [0, 0.05) is 11.6 Å². The molecule has 0 amide bonds. The Bertz CT molecular complexity index is 665. The van der Waals surface area contributed by atoms with Gasteiger partial charge < -0.3 is 19.9 Å². The van der Waals surface area contributed by atoms with Crippen LogP contribution in [0.4, 0.5) is 0 Å². The molecule has 3 rings (SSSR count). The molecule has 128 valence electrons. The fourth-order valence-electron chi connectivity index (χ4n) is 2.82. The van der Waals surface area contributed by atoms with E-state index in [4.69, 9.17) is 21.5 Å². The quantitative estimate of drug-likeness (QED) is 0.806. The minimum absolute atomic E-state index is 0.418. The normalized spacial score (nSPS) is 15.0. The summed E-state index contributed by atoms with van der Waals surface area (Å²) in [7, 11) is 1.64. The molecule has 1 aliphatic rings. The van der Waals surface area contributed by atoms with Gasteiger partial charge in [-0.1, -0.05) is 24.4 Å². The van der Waals surface area contributed by atoms with Crippen LogP contribution < -0.4 is 15.4 Å². The molecule has 0 saturated heterocycles. The van der Waals surface area contributed by atoms with Crippen LogP contribution in [0.5, 0.6) is 5.75 Å². The van der Waals surface area contributed by atoms with Crippen molar-refractivity contribution in [2.75, 3.05) is 7.11 Å². The highest BCUT2D eigenvalue weighted by molar-refractivity contribution is 7.80. The zero-order valence-corrected chi connectivity index (χ0v) is 14.6. The summed E-state index contributed by atoms with van der Waals surface area (Å²) >= 11 is 5.34. The van der Waals surface area contributed by atoms with Crippen molar-refractivity contribution in [2.45, 2.75) is 44.7 Å². The van der Waals surface area contributed by atoms with Crippen molar-refractivity contribution >= 4 is 17.3 Å². The zero-order chi connectivity index (χ0) is 16.8. The summed E-state index contributed by atoms with van der Waals surface area (Å²) in [4.78, 5) is 4.39. The van der Waals surface area contributed by atoms with Crippen LogP contribution >= 0.6 is 12.2 Å². The molecule has 0 radical (unpaired) electrons. The highest BCUT2D eigenvalue weighted by atomic mass is 32.1. The van der Waals surface area contributed by atoms with E-state index in [1.807, 2.05) is 24.3 Å². The van der Waals surface area contributed by atoms with Crippen molar-refractivity contribution < 1.29 is 9.26 Å². The lowest BCUT2D eigenvalue weighted by molar-refractivity contribution is 0.374. The Balaban J connectivity index is 1.50. The molecule has 2 N–H and O–H groups in total. The van der Waals surface area contributed by atoms with Crippen LogP contribution in [-0.2, 0) is 6.54 Å². The summed E-state index contributed by atoms with van der Waals surface area (Å²) in [5, 5.41) is 11.1. The maximum Gasteiger partial charge on any atom is 0.246 e. The van der Waals surface area contributed by atoms with Gasteiger partial charge in [0.25, 0.3) is 0 Å². The summed E-state index contributed by atoms with van der Waals surface area (Å²) < 4.78 is 10.4. The van der Waals surface area contributed by atoms with E-state index in [0.717, 1.165) is 11.3 Å². The third-order valence-corrected chi connectivity index (χ3v) is 4.42. The molecule has 7 heteroatoms. The van der Waals surface area contributed by atoms with Crippen molar-refractivity contribution in [3.05, 3.63) is 30.2 Å². The first-order chi connectivity index (χ1) is 11.7. The van der Waals surface area contributed by atoms with Crippen LogP contribution in [-0.4, -0.2) is 28.4 Å². The van der Waals surface area contributed by atoms with Gasteiger partial charge in [0.15, 0.2) is 5.11 Å². The number of hydrogen-bond acceptors (Lipinski definition) is 5. The zero-order valence-electron chi connectivity index (χ0n) is 13.7. The molecule has 1 aromatic carbocycles. The first kappa shape index (κ1) is 16.7. The molecular weight excluding hydrogens is 324 g/mol. The van der Waals surface area contributed by atoms with Gasteiger partial charge >= 0.3 is 0 Å².